The molecule has 0 radical (unpaired) electrons. The number of carboxylic acid groups (broad SMARTS) is 1. The minimum Gasteiger partial charge on any atom is -0.480 e. The van der Waals surface area contributed by atoms with Gasteiger partial charge >= 0.3 is 5.97 Å². The predicted octanol–water partition coefficient (Wildman–Crippen LogP) is 3.30. The van der Waals surface area contributed by atoms with Crippen molar-refractivity contribution in [3.63, 3.8) is 0 Å². The summed E-state index contributed by atoms with van der Waals surface area (Å²) in [5.74, 6) is -0.227. The first-order valence-corrected chi connectivity index (χ1v) is 6.65. The second-order valence-corrected chi connectivity index (χ2v) is 5.75. The second-order valence-electron chi connectivity index (χ2n) is 4.89. The van der Waals surface area contributed by atoms with Gasteiger partial charge < -0.3 is 10.0 Å². The molecule has 2 aromatic rings. The van der Waals surface area contributed by atoms with Gasteiger partial charge in [0.25, 0.3) is 0 Å². The smallest absolute Gasteiger partial charge is 0.328 e. The molecule has 2 rings (SSSR count). The zero-order valence-corrected chi connectivity index (χ0v) is 12.6. The first kappa shape index (κ1) is 13.8. The number of benzene rings is 1. The van der Waals surface area contributed by atoms with Gasteiger partial charge in [-0.2, -0.15) is 0 Å². The van der Waals surface area contributed by atoms with E-state index in [2.05, 4.69) is 20.9 Å². The SMILES string of the molecule is CN(c1nccc2c(Br)cccc12)C(C)(C)C(=O)O. The molecule has 0 saturated carbocycles. The number of anilines is 1. The average molecular weight is 323 g/mol. The number of carboxylic acids is 1. The van der Waals surface area contributed by atoms with Gasteiger partial charge in [0, 0.05) is 28.5 Å². The Labute approximate surface area is 120 Å². The Morgan fingerprint density at radius 3 is 2.63 bits per heavy atom. The van der Waals surface area contributed by atoms with Crippen LogP contribution in [0.4, 0.5) is 5.82 Å². The molecule has 1 aromatic heterocycles. The zero-order valence-electron chi connectivity index (χ0n) is 11.0. The van der Waals surface area contributed by atoms with Crippen molar-refractivity contribution in [2.75, 3.05) is 11.9 Å². The Morgan fingerprint density at radius 2 is 2.00 bits per heavy atom. The van der Waals surface area contributed by atoms with E-state index in [1.165, 1.54) is 0 Å². The highest BCUT2D eigenvalue weighted by Gasteiger charge is 2.33. The number of halogens is 1. The first-order valence-electron chi connectivity index (χ1n) is 5.86. The van der Waals surface area contributed by atoms with Crippen LogP contribution in [0.2, 0.25) is 0 Å². The molecule has 0 aliphatic rings. The molecule has 0 bridgehead atoms. The third-order valence-electron chi connectivity index (χ3n) is 3.41. The summed E-state index contributed by atoms with van der Waals surface area (Å²) < 4.78 is 0.968. The number of nitrogens with zero attached hydrogens (tertiary/aromatic N) is 2. The Balaban J connectivity index is 2.64. The molecule has 5 heteroatoms. The lowest BCUT2D eigenvalue weighted by molar-refractivity contribution is -0.142. The highest BCUT2D eigenvalue weighted by molar-refractivity contribution is 9.10. The Hall–Kier alpha value is -1.62. The van der Waals surface area contributed by atoms with Crippen LogP contribution in [0.1, 0.15) is 13.8 Å². The summed E-state index contributed by atoms with van der Waals surface area (Å²) in [6, 6.07) is 7.72. The van der Waals surface area contributed by atoms with Crippen LogP contribution in [-0.2, 0) is 4.79 Å². The molecule has 4 nitrogen and oxygen atoms in total. The third-order valence-corrected chi connectivity index (χ3v) is 4.10. The van der Waals surface area contributed by atoms with Crippen molar-refractivity contribution in [1.29, 1.82) is 0 Å². The van der Waals surface area contributed by atoms with Crippen LogP contribution in [0.15, 0.2) is 34.9 Å². The Bertz CT molecular complexity index is 640. The second kappa shape index (κ2) is 4.81. The molecule has 1 N–H and O–H groups in total. The molecule has 1 aromatic carbocycles. The standard InChI is InChI=1S/C14H15BrN2O2/c1-14(2,13(18)19)17(3)12-10-5-4-6-11(15)9(10)7-8-16-12/h4-8H,1-3H3,(H,18,19). The molecule has 19 heavy (non-hydrogen) atoms. The summed E-state index contributed by atoms with van der Waals surface area (Å²) >= 11 is 3.50. The normalized spacial score (nSPS) is 11.6. The van der Waals surface area contributed by atoms with E-state index in [9.17, 15) is 9.90 Å². The van der Waals surface area contributed by atoms with E-state index in [1.807, 2.05) is 24.3 Å². The predicted molar refractivity (Wildman–Crippen MR) is 79.6 cm³/mol. The van der Waals surface area contributed by atoms with Gasteiger partial charge in [-0.1, -0.05) is 28.1 Å². The monoisotopic (exact) mass is 322 g/mol. The van der Waals surface area contributed by atoms with Gasteiger partial charge in [-0.05, 0) is 26.0 Å². The average Bonchev–Trinajstić information content (AvgIpc) is 2.37. The fourth-order valence-corrected chi connectivity index (χ4v) is 2.33. The molecule has 0 spiro atoms. The number of fused-ring (bicyclic) bond motifs is 1. The number of aromatic nitrogens is 1. The third kappa shape index (κ3) is 2.30. The van der Waals surface area contributed by atoms with Crippen molar-refractivity contribution in [1.82, 2.24) is 4.98 Å². The molecular weight excluding hydrogens is 308 g/mol. The molecule has 100 valence electrons. The van der Waals surface area contributed by atoms with Crippen LogP contribution in [0, 0.1) is 0 Å². The van der Waals surface area contributed by atoms with Gasteiger partial charge in [-0.3, -0.25) is 0 Å². The Morgan fingerprint density at radius 1 is 1.32 bits per heavy atom. The molecule has 0 atom stereocenters. The first-order chi connectivity index (χ1) is 8.85. The number of likely N-dealkylation sites (N-methyl/N-ethyl adjacent to an activating group) is 1. The quantitative estimate of drug-likeness (QED) is 0.942. The maximum atomic E-state index is 11.4. The van der Waals surface area contributed by atoms with Crippen molar-refractivity contribution in [2.24, 2.45) is 0 Å². The minimum atomic E-state index is -1.02. The van der Waals surface area contributed by atoms with E-state index in [0.29, 0.717) is 5.82 Å². The van der Waals surface area contributed by atoms with E-state index in [1.54, 1.807) is 32.0 Å². The highest BCUT2D eigenvalue weighted by Crippen LogP contribution is 2.31. The number of hydrogen-bond acceptors (Lipinski definition) is 3. The van der Waals surface area contributed by atoms with Crippen molar-refractivity contribution in [2.45, 2.75) is 19.4 Å². The van der Waals surface area contributed by atoms with Crippen molar-refractivity contribution < 1.29 is 9.90 Å². The van der Waals surface area contributed by atoms with Gasteiger partial charge in [-0.25, -0.2) is 9.78 Å². The topological polar surface area (TPSA) is 53.4 Å². The van der Waals surface area contributed by atoms with Crippen LogP contribution in [0.3, 0.4) is 0 Å². The fourth-order valence-electron chi connectivity index (χ4n) is 1.83. The van der Waals surface area contributed by atoms with Crippen molar-refractivity contribution >= 4 is 38.5 Å². The fraction of sp³-hybridized carbons (Fsp3) is 0.286. The van der Waals surface area contributed by atoms with Crippen LogP contribution in [0.25, 0.3) is 10.8 Å². The lowest BCUT2D eigenvalue weighted by Crippen LogP contribution is -2.48. The summed E-state index contributed by atoms with van der Waals surface area (Å²) in [6.07, 6.45) is 1.69. The van der Waals surface area contributed by atoms with E-state index in [-0.39, 0.29) is 0 Å². The zero-order chi connectivity index (χ0) is 14.2. The minimum absolute atomic E-state index is 0.659. The summed E-state index contributed by atoms with van der Waals surface area (Å²) in [5, 5.41) is 11.3. The van der Waals surface area contributed by atoms with E-state index >= 15 is 0 Å². The Kier molecular flexibility index (Phi) is 3.49. The lowest BCUT2D eigenvalue weighted by atomic mass is 10.0. The van der Waals surface area contributed by atoms with Gasteiger partial charge in [0.2, 0.25) is 0 Å². The van der Waals surface area contributed by atoms with E-state index in [4.69, 9.17) is 0 Å². The number of pyridine rings is 1. The summed E-state index contributed by atoms with van der Waals surface area (Å²) in [7, 11) is 1.75. The molecule has 0 saturated heterocycles. The molecule has 0 amide bonds. The van der Waals surface area contributed by atoms with Gasteiger partial charge in [-0.15, -0.1) is 0 Å². The molecule has 1 heterocycles. The van der Waals surface area contributed by atoms with Crippen LogP contribution in [0.5, 0.6) is 0 Å². The van der Waals surface area contributed by atoms with E-state index in [0.717, 1.165) is 15.2 Å². The maximum absolute atomic E-state index is 11.4. The lowest BCUT2D eigenvalue weighted by Gasteiger charge is -2.33. The number of hydrogen-bond donors (Lipinski definition) is 1. The highest BCUT2D eigenvalue weighted by atomic mass is 79.9. The van der Waals surface area contributed by atoms with Crippen LogP contribution < -0.4 is 4.90 Å². The summed E-state index contributed by atoms with van der Waals surface area (Å²) in [6.45, 7) is 3.32. The number of rotatable bonds is 3. The number of carbonyl (C=O) groups is 1. The molecular formula is C14H15BrN2O2. The summed E-state index contributed by atoms with van der Waals surface area (Å²) in [5.41, 5.74) is -1.02. The summed E-state index contributed by atoms with van der Waals surface area (Å²) in [4.78, 5) is 17.4. The van der Waals surface area contributed by atoms with Crippen molar-refractivity contribution in [3.8, 4) is 0 Å². The molecule has 0 aliphatic heterocycles. The number of aliphatic carboxylic acids is 1. The van der Waals surface area contributed by atoms with E-state index < -0.39 is 11.5 Å². The largest absolute Gasteiger partial charge is 0.480 e. The van der Waals surface area contributed by atoms with Crippen molar-refractivity contribution in [3.05, 3.63) is 34.9 Å². The maximum Gasteiger partial charge on any atom is 0.328 e. The van der Waals surface area contributed by atoms with Crippen LogP contribution in [-0.4, -0.2) is 28.6 Å². The van der Waals surface area contributed by atoms with Gasteiger partial charge in [0.05, 0.1) is 0 Å². The molecule has 0 unspecified atom stereocenters. The van der Waals surface area contributed by atoms with Gasteiger partial charge in [0.15, 0.2) is 0 Å². The van der Waals surface area contributed by atoms with Crippen LogP contribution >= 0.6 is 15.9 Å². The molecule has 0 fully saturated rings. The molecule has 0 aliphatic carbocycles. The van der Waals surface area contributed by atoms with Gasteiger partial charge in [0.1, 0.15) is 11.4 Å².